The van der Waals surface area contributed by atoms with Gasteiger partial charge >= 0.3 is 0 Å². The minimum atomic E-state index is -0.476. The van der Waals surface area contributed by atoms with Crippen LogP contribution in [0, 0.1) is 0 Å². The Labute approximate surface area is 173 Å². The maximum atomic E-state index is 6.07. The van der Waals surface area contributed by atoms with Crippen molar-refractivity contribution < 1.29 is 0 Å². The molecule has 0 atom stereocenters. The van der Waals surface area contributed by atoms with Crippen molar-refractivity contribution in [2.45, 2.75) is 6.04 Å². The first-order valence-corrected chi connectivity index (χ1v) is 9.48. The molecule has 3 aromatic rings. The summed E-state index contributed by atoms with van der Waals surface area (Å²) in [7, 11) is 0. The van der Waals surface area contributed by atoms with E-state index in [0.29, 0.717) is 10.7 Å². The molecule has 0 unspecified atom stereocenters. The van der Waals surface area contributed by atoms with E-state index in [9.17, 15) is 0 Å². The second kappa shape index (κ2) is 8.33. The van der Waals surface area contributed by atoms with Gasteiger partial charge in [0.2, 0.25) is 5.11 Å². The van der Waals surface area contributed by atoms with E-state index < -0.39 is 6.04 Å². The standard InChI is InChI=1S/C22H15ClN4S/c23-17-12-7-13-18(14-17)26-27-21-19(15-8-3-1-4-9-15)24-22(28)25-20(21)16-10-5-2-6-11-16/h1-14,21H. The van der Waals surface area contributed by atoms with Gasteiger partial charge in [-0.15, -0.1) is 0 Å². The average Bonchev–Trinajstić information content (AvgIpc) is 2.73. The van der Waals surface area contributed by atoms with E-state index in [1.807, 2.05) is 72.8 Å². The number of benzene rings is 3. The molecular formula is C22H15ClN4S. The molecule has 0 amide bonds. The Morgan fingerprint density at radius 1 is 0.750 bits per heavy atom. The highest BCUT2D eigenvalue weighted by molar-refractivity contribution is 7.80. The van der Waals surface area contributed by atoms with E-state index in [4.69, 9.17) is 23.8 Å². The third kappa shape index (κ3) is 4.11. The number of rotatable bonds is 4. The van der Waals surface area contributed by atoms with Gasteiger partial charge in [0.1, 0.15) is 0 Å². The number of nitrogens with zero attached hydrogens (tertiary/aromatic N) is 4. The molecule has 0 N–H and O–H groups in total. The minimum Gasteiger partial charge on any atom is -0.220 e. The third-order valence-corrected chi connectivity index (χ3v) is 4.60. The maximum absolute atomic E-state index is 6.07. The molecule has 1 aliphatic rings. The predicted molar refractivity (Wildman–Crippen MR) is 118 cm³/mol. The lowest BCUT2D eigenvalue weighted by molar-refractivity contribution is 0.993. The van der Waals surface area contributed by atoms with E-state index in [2.05, 4.69) is 20.2 Å². The van der Waals surface area contributed by atoms with Gasteiger partial charge in [-0.05, 0) is 41.5 Å². The first-order chi connectivity index (χ1) is 13.7. The fourth-order valence-corrected chi connectivity index (χ4v) is 3.30. The Bertz CT molecular complexity index is 1030. The summed E-state index contributed by atoms with van der Waals surface area (Å²) in [4.78, 5) is 9.04. The lowest BCUT2D eigenvalue weighted by atomic mass is 9.94. The second-order valence-electron chi connectivity index (χ2n) is 6.11. The Morgan fingerprint density at radius 3 is 1.86 bits per heavy atom. The molecule has 0 bridgehead atoms. The Kier molecular flexibility index (Phi) is 5.46. The van der Waals surface area contributed by atoms with Crippen LogP contribution in [0.4, 0.5) is 5.69 Å². The molecule has 3 aromatic carbocycles. The van der Waals surface area contributed by atoms with Crippen LogP contribution in [0.3, 0.4) is 0 Å². The van der Waals surface area contributed by atoms with Gasteiger partial charge in [0, 0.05) is 5.02 Å². The van der Waals surface area contributed by atoms with Gasteiger partial charge in [-0.2, -0.15) is 10.2 Å². The minimum absolute atomic E-state index is 0.284. The molecule has 1 heterocycles. The van der Waals surface area contributed by atoms with Crippen LogP contribution in [0.2, 0.25) is 5.02 Å². The summed E-state index contributed by atoms with van der Waals surface area (Å²) >= 11 is 11.4. The van der Waals surface area contributed by atoms with E-state index >= 15 is 0 Å². The lowest BCUT2D eigenvalue weighted by Crippen LogP contribution is -2.34. The Morgan fingerprint density at radius 2 is 1.32 bits per heavy atom. The van der Waals surface area contributed by atoms with Crippen molar-refractivity contribution >= 4 is 46.0 Å². The zero-order chi connectivity index (χ0) is 19.3. The number of hydrogen-bond acceptors (Lipinski definition) is 3. The van der Waals surface area contributed by atoms with Gasteiger partial charge in [0.05, 0.1) is 17.1 Å². The molecule has 4 nitrogen and oxygen atoms in total. The topological polar surface area (TPSA) is 49.4 Å². The van der Waals surface area contributed by atoms with Crippen molar-refractivity contribution in [2.24, 2.45) is 20.2 Å². The van der Waals surface area contributed by atoms with Crippen molar-refractivity contribution in [1.29, 1.82) is 0 Å². The monoisotopic (exact) mass is 402 g/mol. The summed E-state index contributed by atoms with van der Waals surface area (Å²) in [6.45, 7) is 0. The summed E-state index contributed by atoms with van der Waals surface area (Å²) < 4.78 is 0. The number of halogens is 1. The molecule has 0 radical (unpaired) electrons. The molecule has 0 aliphatic carbocycles. The van der Waals surface area contributed by atoms with Crippen LogP contribution < -0.4 is 0 Å². The van der Waals surface area contributed by atoms with Crippen molar-refractivity contribution in [3.8, 4) is 0 Å². The summed E-state index contributed by atoms with van der Waals surface area (Å²) in [6.07, 6.45) is 0. The maximum Gasteiger partial charge on any atom is 0.219 e. The van der Waals surface area contributed by atoms with Crippen LogP contribution in [-0.2, 0) is 0 Å². The summed E-state index contributed by atoms with van der Waals surface area (Å²) in [5.41, 5.74) is 3.99. The van der Waals surface area contributed by atoms with Crippen molar-refractivity contribution in [3.05, 3.63) is 101 Å². The molecular weight excluding hydrogens is 388 g/mol. The second-order valence-corrected chi connectivity index (χ2v) is 6.91. The van der Waals surface area contributed by atoms with Gasteiger partial charge in [-0.3, -0.25) is 0 Å². The number of azo groups is 1. The molecule has 136 valence electrons. The normalized spacial score (nSPS) is 14.8. The number of hydrogen-bond donors (Lipinski definition) is 0. The number of aliphatic imine (C=N–C) groups is 2. The first-order valence-electron chi connectivity index (χ1n) is 8.69. The molecule has 4 rings (SSSR count). The molecule has 0 spiro atoms. The van der Waals surface area contributed by atoms with Crippen molar-refractivity contribution in [3.63, 3.8) is 0 Å². The van der Waals surface area contributed by atoms with Gasteiger partial charge < -0.3 is 0 Å². The van der Waals surface area contributed by atoms with Gasteiger partial charge in [0.25, 0.3) is 0 Å². The summed E-state index contributed by atoms with van der Waals surface area (Å²) in [6, 6.07) is 26.5. The fraction of sp³-hybridized carbons (Fsp3) is 0.0455. The number of thiocarbonyl (C=S) groups is 1. The van der Waals surface area contributed by atoms with Crippen molar-refractivity contribution in [2.75, 3.05) is 0 Å². The van der Waals surface area contributed by atoms with E-state index in [1.165, 1.54) is 0 Å². The fourth-order valence-electron chi connectivity index (χ4n) is 2.92. The molecule has 6 heteroatoms. The zero-order valence-corrected chi connectivity index (χ0v) is 16.3. The van der Waals surface area contributed by atoms with Crippen LogP contribution in [-0.4, -0.2) is 22.6 Å². The first kappa shape index (κ1) is 18.3. The molecule has 1 aliphatic heterocycles. The smallest absolute Gasteiger partial charge is 0.219 e. The van der Waals surface area contributed by atoms with Gasteiger partial charge in [-0.25, -0.2) is 9.98 Å². The van der Waals surface area contributed by atoms with Crippen LogP contribution in [0.1, 0.15) is 11.1 Å². The predicted octanol–water partition coefficient (Wildman–Crippen LogP) is 6.07. The summed E-state index contributed by atoms with van der Waals surface area (Å²) in [5, 5.41) is 9.88. The van der Waals surface area contributed by atoms with Gasteiger partial charge in [-0.1, -0.05) is 78.3 Å². The highest BCUT2D eigenvalue weighted by Gasteiger charge is 2.29. The van der Waals surface area contributed by atoms with E-state index in [1.54, 1.807) is 12.1 Å². The quantitative estimate of drug-likeness (QED) is 0.386. The lowest BCUT2D eigenvalue weighted by Gasteiger charge is -2.21. The highest BCUT2D eigenvalue weighted by Crippen LogP contribution is 2.23. The summed E-state index contributed by atoms with van der Waals surface area (Å²) in [5.74, 6) is 0. The van der Waals surface area contributed by atoms with Crippen LogP contribution >= 0.6 is 23.8 Å². The average molecular weight is 403 g/mol. The Hall–Kier alpha value is -3.02. The van der Waals surface area contributed by atoms with Crippen LogP contribution in [0.5, 0.6) is 0 Å². The largest absolute Gasteiger partial charge is 0.220 e. The molecule has 0 aromatic heterocycles. The molecule has 0 saturated carbocycles. The van der Waals surface area contributed by atoms with E-state index in [0.717, 1.165) is 22.6 Å². The zero-order valence-electron chi connectivity index (χ0n) is 14.7. The van der Waals surface area contributed by atoms with Gasteiger partial charge in [0.15, 0.2) is 6.04 Å². The highest BCUT2D eigenvalue weighted by atomic mass is 35.5. The third-order valence-electron chi connectivity index (χ3n) is 4.19. The van der Waals surface area contributed by atoms with Crippen LogP contribution in [0.15, 0.2) is 105 Å². The SMILES string of the molecule is S=C1N=C(c2ccccc2)C(N=Nc2cccc(Cl)c2)C(c2ccccc2)=N1. The van der Waals surface area contributed by atoms with Crippen LogP contribution in [0.25, 0.3) is 0 Å². The Balaban J connectivity index is 1.80. The molecule has 0 fully saturated rings. The van der Waals surface area contributed by atoms with E-state index in [-0.39, 0.29) is 5.11 Å². The molecule has 28 heavy (non-hydrogen) atoms. The molecule has 0 saturated heterocycles. The van der Waals surface area contributed by atoms with Crippen molar-refractivity contribution in [1.82, 2.24) is 0 Å².